The molecule has 0 heterocycles. The number of nitro benzene ring substituents is 1. The molecule has 0 atom stereocenters. The molecule has 0 bridgehead atoms. The Hall–Kier alpha value is -1.86. The van der Waals surface area contributed by atoms with Gasteiger partial charge in [-0.2, -0.15) is 4.39 Å². The summed E-state index contributed by atoms with van der Waals surface area (Å²) in [5.41, 5.74) is -1.94. The van der Waals surface area contributed by atoms with Gasteiger partial charge in [0, 0.05) is 5.75 Å². The van der Waals surface area contributed by atoms with Gasteiger partial charge < -0.3 is 5.11 Å². The molecule has 0 saturated heterocycles. The van der Waals surface area contributed by atoms with Crippen LogP contribution in [0.5, 0.6) is 5.75 Å². The molecule has 0 radical (unpaired) electrons. The zero-order valence-electron chi connectivity index (χ0n) is 6.18. The highest BCUT2D eigenvalue weighted by Gasteiger charge is 2.27. The topological polar surface area (TPSA) is 66.2 Å². The molecule has 0 fully saturated rings. The van der Waals surface area contributed by atoms with E-state index in [4.69, 9.17) is 0 Å². The second-order valence-corrected chi connectivity index (χ2v) is 2.19. The van der Waals surface area contributed by atoms with E-state index in [1.807, 2.05) is 0 Å². The average Bonchev–Trinajstić information content (AvgIpc) is 2.11. The van der Waals surface area contributed by atoms with Crippen molar-refractivity contribution in [2.75, 3.05) is 0 Å². The predicted molar refractivity (Wildman–Crippen MR) is 32.4 cm³/mol. The lowest BCUT2D eigenvalue weighted by atomic mass is 10.2. The van der Waals surface area contributed by atoms with Crippen LogP contribution in [0.1, 0.15) is 0 Å². The Balaban J connectivity index is 3.68. The van der Waals surface area contributed by atoms with E-state index in [1.165, 1.54) is 0 Å². The van der Waals surface area contributed by atoms with Gasteiger partial charge in [-0.05, 0) is 0 Å². The van der Waals surface area contributed by atoms with Crippen molar-refractivity contribution in [2.45, 2.75) is 0 Å². The lowest BCUT2D eigenvalue weighted by molar-refractivity contribution is -0.402. The first-order valence-corrected chi connectivity index (χ1v) is 3.05. The van der Waals surface area contributed by atoms with Crippen molar-refractivity contribution < 1.29 is 27.6 Å². The Morgan fingerprint density at radius 1 is 0.929 bits per heavy atom. The molecule has 0 N–H and O–H groups in total. The molecule has 1 aromatic rings. The van der Waals surface area contributed by atoms with Gasteiger partial charge in [-0.15, -0.1) is 0 Å². The van der Waals surface area contributed by atoms with E-state index in [-0.39, 0.29) is 0 Å². The van der Waals surface area contributed by atoms with Crippen LogP contribution < -0.4 is 5.11 Å². The van der Waals surface area contributed by atoms with E-state index >= 15 is 0 Å². The molecule has 4 nitrogen and oxygen atoms in total. The third kappa shape index (κ3) is 1.24. The van der Waals surface area contributed by atoms with Crippen molar-refractivity contribution in [3.05, 3.63) is 33.4 Å². The summed E-state index contributed by atoms with van der Waals surface area (Å²) in [6.45, 7) is 0. The van der Waals surface area contributed by atoms with Gasteiger partial charge in [0.15, 0.2) is 11.6 Å². The summed E-state index contributed by atoms with van der Waals surface area (Å²) in [6, 6.07) is 0. The first-order valence-electron chi connectivity index (χ1n) is 3.05. The first kappa shape index (κ1) is 10.2. The Morgan fingerprint density at radius 2 is 1.36 bits per heavy atom. The maximum absolute atomic E-state index is 12.5. The maximum atomic E-state index is 12.5. The molecule has 0 aromatic heterocycles. The molecule has 0 unspecified atom stereocenters. The molecule has 1 rings (SSSR count). The SMILES string of the molecule is O=[N+]([O-])c1c([O-])c(F)c(F)c(F)c1F. The van der Waals surface area contributed by atoms with Crippen LogP contribution in [0.25, 0.3) is 0 Å². The zero-order valence-corrected chi connectivity index (χ0v) is 6.18. The normalized spacial score (nSPS) is 10.3. The summed E-state index contributed by atoms with van der Waals surface area (Å²) in [6.07, 6.45) is 0. The molecule has 0 spiro atoms. The number of benzene rings is 1. The molecule has 0 aliphatic heterocycles. The minimum Gasteiger partial charge on any atom is -0.866 e. The van der Waals surface area contributed by atoms with Crippen LogP contribution in [0, 0.1) is 33.4 Å². The number of nitrogens with zero attached hydrogens (tertiary/aromatic N) is 1. The molecule has 0 aliphatic carbocycles. The molecule has 1 aromatic carbocycles. The van der Waals surface area contributed by atoms with E-state index in [1.54, 1.807) is 0 Å². The fraction of sp³-hybridized carbons (Fsp3) is 0. The van der Waals surface area contributed by atoms with Crippen molar-refractivity contribution in [1.29, 1.82) is 0 Å². The lowest BCUT2D eigenvalue weighted by Crippen LogP contribution is -2.08. The van der Waals surface area contributed by atoms with Crippen molar-refractivity contribution in [3.8, 4) is 5.75 Å². The van der Waals surface area contributed by atoms with Crippen molar-refractivity contribution in [2.24, 2.45) is 0 Å². The van der Waals surface area contributed by atoms with Crippen LogP contribution in [0.15, 0.2) is 0 Å². The van der Waals surface area contributed by atoms with Gasteiger partial charge in [-0.3, -0.25) is 10.1 Å². The summed E-state index contributed by atoms with van der Waals surface area (Å²) >= 11 is 0. The minimum atomic E-state index is -2.38. The Labute approximate surface area is 73.5 Å². The second-order valence-electron chi connectivity index (χ2n) is 2.19. The van der Waals surface area contributed by atoms with Crippen LogP contribution >= 0.6 is 0 Å². The van der Waals surface area contributed by atoms with Gasteiger partial charge in [-0.1, -0.05) is 0 Å². The average molecular weight is 210 g/mol. The first-order chi connectivity index (χ1) is 6.37. The predicted octanol–water partition coefficient (Wildman–Crippen LogP) is 1.22. The van der Waals surface area contributed by atoms with Crippen molar-refractivity contribution >= 4 is 5.69 Å². The molecule has 14 heavy (non-hydrogen) atoms. The molecule has 0 aliphatic rings. The van der Waals surface area contributed by atoms with Gasteiger partial charge in [0.25, 0.3) is 0 Å². The number of halogens is 4. The number of nitro groups is 1. The number of hydrogen-bond donors (Lipinski definition) is 0. The molecule has 0 amide bonds. The summed E-state index contributed by atoms with van der Waals surface area (Å²) < 4.78 is 49.6. The third-order valence-corrected chi connectivity index (χ3v) is 1.38. The molecule has 0 saturated carbocycles. The largest absolute Gasteiger partial charge is 0.866 e. The van der Waals surface area contributed by atoms with Crippen LogP contribution in [0.3, 0.4) is 0 Å². The molecular formula is C6F4NO3-. The van der Waals surface area contributed by atoms with Crippen LogP contribution in [-0.4, -0.2) is 4.92 Å². The highest BCUT2D eigenvalue weighted by molar-refractivity contribution is 5.47. The summed E-state index contributed by atoms with van der Waals surface area (Å²) in [4.78, 5) is 8.35. The van der Waals surface area contributed by atoms with Crippen LogP contribution in [-0.2, 0) is 0 Å². The highest BCUT2D eigenvalue weighted by atomic mass is 19.2. The fourth-order valence-electron chi connectivity index (χ4n) is 0.763. The van der Waals surface area contributed by atoms with E-state index in [2.05, 4.69) is 0 Å². The van der Waals surface area contributed by atoms with E-state index in [9.17, 15) is 32.8 Å². The van der Waals surface area contributed by atoms with Gasteiger partial charge in [-0.25, -0.2) is 13.2 Å². The minimum absolute atomic E-state index is 1.62. The van der Waals surface area contributed by atoms with E-state index in [0.717, 1.165) is 0 Å². The Morgan fingerprint density at radius 3 is 1.79 bits per heavy atom. The summed E-state index contributed by atoms with van der Waals surface area (Å²) in [5, 5.41) is 20.5. The highest BCUT2D eigenvalue weighted by Crippen LogP contribution is 2.33. The van der Waals surface area contributed by atoms with Gasteiger partial charge in [0.2, 0.25) is 11.6 Å². The van der Waals surface area contributed by atoms with Crippen LogP contribution in [0.2, 0.25) is 0 Å². The Bertz CT molecular complexity index is 391. The number of hydrogen-bond acceptors (Lipinski definition) is 3. The quantitative estimate of drug-likeness (QED) is 0.230. The van der Waals surface area contributed by atoms with Crippen molar-refractivity contribution in [3.63, 3.8) is 0 Å². The number of rotatable bonds is 1. The van der Waals surface area contributed by atoms with Gasteiger partial charge in [0.05, 0.1) is 4.92 Å². The third-order valence-electron chi connectivity index (χ3n) is 1.38. The zero-order chi connectivity index (χ0) is 11.0. The van der Waals surface area contributed by atoms with Gasteiger partial charge >= 0.3 is 5.69 Å². The standard InChI is InChI=1S/C6HF4NO3/c7-1-2(8)4(10)6(12)5(3(1)9)11(13)14/h12H/p-1. The summed E-state index contributed by atoms with van der Waals surface area (Å²) in [7, 11) is 0. The Kier molecular flexibility index (Phi) is 2.28. The van der Waals surface area contributed by atoms with E-state index < -0.39 is 39.6 Å². The molecule has 76 valence electrons. The van der Waals surface area contributed by atoms with Crippen LogP contribution in [0.4, 0.5) is 23.2 Å². The molecule has 8 heteroatoms. The summed E-state index contributed by atoms with van der Waals surface area (Å²) in [5.74, 6) is -11.5. The smallest absolute Gasteiger partial charge is 0.303 e. The fourth-order valence-corrected chi connectivity index (χ4v) is 0.763. The van der Waals surface area contributed by atoms with Crippen molar-refractivity contribution in [1.82, 2.24) is 0 Å². The molecular weight excluding hydrogens is 210 g/mol. The second kappa shape index (κ2) is 3.13. The lowest BCUT2D eigenvalue weighted by Gasteiger charge is -2.09. The van der Waals surface area contributed by atoms with E-state index in [0.29, 0.717) is 0 Å². The maximum Gasteiger partial charge on any atom is 0.303 e. The monoisotopic (exact) mass is 210 g/mol. The van der Waals surface area contributed by atoms with Gasteiger partial charge in [0.1, 0.15) is 0 Å².